The first-order valence-corrected chi connectivity index (χ1v) is 9.70. The van der Waals surface area contributed by atoms with Crippen molar-refractivity contribution in [2.75, 3.05) is 0 Å². The first-order valence-electron chi connectivity index (χ1n) is 8.22. The summed E-state index contributed by atoms with van der Waals surface area (Å²) in [6, 6.07) is 25.5. The van der Waals surface area contributed by atoms with Crippen LogP contribution in [0.2, 0.25) is 0 Å². The molecule has 0 atom stereocenters. The Morgan fingerprint density at radius 3 is 1.48 bits per heavy atom. The summed E-state index contributed by atoms with van der Waals surface area (Å²) in [6.45, 7) is 4.26. The van der Waals surface area contributed by atoms with E-state index in [9.17, 15) is 0 Å². The van der Waals surface area contributed by atoms with Crippen molar-refractivity contribution < 1.29 is 3.63 Å². The molecule has 3 heteroatoms. The first-order chi connectivity index (χ1) is 12.2. The summed E-state index contributed by atoms with van der Waals surface area (Å²) in [5.74, 6) is 0. The molecule has 0 aliphatic heterocycles. The van der Waals surface area contributed by atoms with Gasteiger partial charge in [-0.2, -0.15) is 0 Å². The Labute approximate surface area is 156 Å². The third-order valence-electron chi connectivity index (χ3n) is 4.39. The molecule has 0 N–H and O–H groups in total. The standard InChI is InChI=1S/C22H18OS2/c1-15-11-13-17-7-3-5-9-19(17)21(15)24-23-25-22-16(2)12-14-18-8-4-6-10-20(18)22/h3-14H,1-2H3. The van der Waals surface area contributed by atoms with Crippen molar-refractivity contribution >= 4 is 45.6 Å². The van der Waals surface area contributed by atoms with Crippen LogP contribution in [0.3, 0.4) is 0 Å². The molecule has 0 aliphatic rings. The van der Waals surface area contributed by atoms with Gasteiger partial charge in [0.1, 0.15) is 0 Å². The van der Waals surface area contributed by atoms with E-state index in [4.69, 9.17) is 3.63 Å². The van der Waals surface area contributed by atoms with Crippen LogP contribution < -0.4 is 0 Å². The average Bonchev–Trinajstić information content (AvgIpc) is 2.65. The average molecular weight is 363 g/mol. The maximum Gasteiger partial charge on any atom is 0.0473 e. The van der Waals surface area contributed by atoms with Gasteiger partial charge in [0, 0.05) is 33.9 Å². The molecule has 0 aliphatic carbocycles. The number of fused-ring (bicyclic) bond motifs is 2. The predicted octanol–water partition coefficient (Wildman–Crippen LogP) is 7.34. The highest BCUT2D eigenvalue weighted by Gasteiger charge is 2.10. The molecule has 0 unspecified atom stereocenters. The van der Waals surface area contributed by atoms with E-state index in [1.54, 1.807) is 0 Å². The van der Waals surface area contributed by atoms with Crippen molar-refractivity contribution in [2.24, 2.45) is 0 Å². The zero-order chi connectivity index (χ0) is 17.2. The van der Waals surface area contributed by atoms with Gasteiger partial charge in [-0.05, 0) is 46.5 Å². The van der Waals surface area contributed by atoms with Gasteiger partial charge in [0.15, 0.2) is 0 Å². The fourth-order valence-corrected chi connectivity index (χ4v) is 4.64. The Balaban J connectivity index is 1.62. The lowest BCUT2D eigenvalue weighted by atomic mass is 10.1. The van der Waals surface area contributed by atoms with Crippen LogP contribution in [0.4, 0.5) is 0 Å². The van der Waals surface area contributed by atoms with Gasteiger partial charge in [0.2, 0.25) is 0 Å². The molecule has 25 heavy (non-hydrogen) atoms. The van der Waals surface area contributed by atoms with Gasteiger partial charge >= 0.3 is 0 Å². The second-order valence-corrected chi connectivity index (χ2v) is 7.79. The van der Waals surface area contributed by atoms with Crippen molar-refractivity contribution in [1.29, 1.82) is 0 Å². The number of rotatable bonds is 4. The Kier molecular flexibility index (Phi) is 4.71. The normalized spacial score (nSPS) is 11.3. The number of benzene rings is 4. The molecule has 0 saturated heterocycles. The van der Waals surface area contributed by atoms with Gasteiger partial charge in [-0.25, -0.2) is 3.63 Å². The van der Waals surface area contributed by atoms with Crippen molar-refractivity contribution in [1.82, 2.24) is 0 Å². The quantitative estimate of drug-likeness (QED) is 0.351. The molecule has 0 amide bonds. The summed E-state index contributed by atoms with van der Waals surface area (Å²) in [5.41, 5.74) is 2.47. The van der Waals surface area contributed by atoms with E-state index in [0.29, 0.717) is 0 Å². The van der Waals surface area contributed by atoms with Crippen LogP contribution in [0.1, 0.15) is 11.1 Å². The third-order valence-corrected chi connectivity index (χ3v) is 6.35. The number of hydrogen-bond acceptors (Lipinski definition) is 3. The predicted molar refractivity (Wildman–Crippen MR) is 110 cm³/mol. The van der Waals surface area contributed by atoms with Crippen molar-refractivity contribution in [2.45, 2.75) is 23.6 Å². The van der Waals surface area contributed by atoms with E-state index < -0.39 is 0 Å². The minimum Gasteiger partial charge on any atom is -0.237 e. The molecule has 4 aromatic rings. The molecule has 0 aromatic heterocycles. The minimum absolute atomic E-state index is 1.18. The lowest BCUT2D eigenvalue weighted by Crippen LogP contribution is -1.85. The molecular weight excluding hydrogens is 344 g/mol. The van der Waals surface area contributed by atoms with Gasteiger partial charge in [-0.1, -0.05) is 72.8 Å². The summed E-state index contributed by atoms with van der Waals surface area (Å²) in [5, 5.41) is 4.96. The maximum absolute atomic E-state index is 6.02. The summed E-state index contributed by atoms with van der Waals surface area (Å²) in [7, 11) is 0. The number of hydrogen-bond donors (Lipinski definition) is 0. The van der Waals surface area contributed by atoms with E-state index in [1.165, 1.54) is 66.5 Å². The molecule has 1 nitrogen and oxygen atoms in total. The first kappa shape index (κ1) is 16.5. The Morgan fingerprint density at radius 1 is 0.560 bits per heavy atom. The zero-order valence-electron chi connectivity index (χ0n) is 14.2. The SMILES string of the molecule is Cc1ccc2ccccc2c1SOSc1c(C)ccc2ccccc12. The Hall–Kier alpha value is -1.94. The molecule has 4 rings (SSSR count). The lowest BCUT2D eigenvalue weighted by molar-refractivity contribution is 0.757. The third kappa shape index (κ3) is 3.28. The summed E-state index contributed by atoms with van der Waals surface area (Å²) < 4.78 is 6.02. The van der Waals surface area contributed by atoms with Crippen LogP contribution in [-0.4, -0.2) is 0 Å². The van der Waals surface area contributed by atoms with E-state index >= 15 is 0 Å². The van der Waals surface area contributed by atoms with Crippen LogP contribution >= 0.6 is 24.1 Å². The van der Waals surface area contributed by atoms with Crippen LogP contribution in [0.5, 0.6) is 0 Å². The fraction of sp³-hybridized carbons (Fsp3) is 0.0909. The van der Waals surface area contributed by atoms with Crippen LogP contribution in [0.15, 0.2) is 82.6 Å². The second kappa shape index (κ2) is 7.12. The van der Waals surface area contributed by atoms with Gasteiger partial charge in [-0.3, -0.25) is 0 Å². The second-order valence-electron chi connectivity index (χ2n) is 6.10. The van der Waals surface area contributed by atoms with E-state index in [2.05, 4.69) is 86.6 Å². The molecule has 0 bridgehead atoms. The molecule has 0 fully saturated rings. The van der Waals surface area contributed by atoms with Gasteiger partial charge in [-0.15, -0.1) is 0 Å². The Morgan fingerprint density at radius 2 is 1.00 bits per heavy atom. The van der Waals surface area contributed by atoms with Gasteiger partial charge < -0.3 is 0 Å². The van der Waals surface area contributed by atoms with Gasteiger partial charge in [0.25, 0.3) is 0 Å². The highest BCUT2D eigenvalue weighted by Crippen LogP contribution is 2.39. The van der Waals surface area contributed by atoms with Crippen LogP contribution in [0, 0.1) is 13.8 Å². The van der Waals surface area contributed by atoms with Crippen LogP contribution in [0.25, 0.3) is 21.5 Å². The smallest absolute Gasteiger partial charge is 0.0473 e. The highest BCUT2D eigenvalue weighted by molar-refractivity contribution is 8.08. The molecule has 4 aromatic carbocycles. The van der Waals surface area contributed by atoms with Crippen molar-refractivity contribution in [3.8, 4) is 0 Å². The topological polar surface area (TPSA) is 9.23 Å². The molecule has 0 spiro atoms. The zero-order valence-corrected chi connectivity index (χ0v) is 15.8. The summed E-state index contributed by atoms with van der Waals surface area (Å²) in [6.07, 6.45) is 0. The van der Waals surface area contributed by atoms with Crippen LogP contribution in [-0.2, 0) is 3.63 Å². The molecule has 0 heterocycles. The maximum atomic E-state index is 6.02. The van der Waals surface area contributed by atoms with Crippen molar-refractivity contribution in [3.05, 3.63) is 83.9 Å². The summed E-state index contributed by atoms with van der Waals surface area (Å²) in [4.78, 5) is 2.37. The molecule has 0 saturated carbocycles. The largest absolute Gasteiger partial charge is 0.237 e. The molecule has 0 radical (unpaired) electrons. The van der Waals surface area contributed by atoms with Crippen molar-refractivity contribution in [3.63, 3.8) is 0 Å². The minimum atomic E-state index is 1.18. The Bertz CT molecular complexity index is 971. The fourth-order valence-electron chi connectivity index (χ4n) is 3.01. The monoisotopic (exact) mass is 362 g/mol. The van der Waals surface area contributed by atoms with Gasteiger partial charge in [0.05, 0.1) is 0 Å². The molecular formula is C22H18OS2. The van der Waals surface area contributed by atoms with E-state index in [0.717, 1.165) is 0 Å². The molecule has 124 valence electrons. The number of aryl methyl sites for hydroxylation is 2. The lowest BCUT2D eigenvalue weighted by Gasteiger charge is -2.11. The van der Waals surface area contributed by atoms with E-state index in [1.807, 2.05) is 0 Å². The summed E-state index contributed by atoms with van der Waals surface area (Å²) >= 11 is 2.90. The highest BCUT2D eigenvalue weighted by atomic mass is 32.2. The van der Waals surface area contributed by atoms with E-state index in [-0.39, 0.29) is 0 Å².